The first-order valence-electron chi connectivity index (χ1n) is 6.93. The molecule has 0 spiro atoms. The highest BCUT2D eigenvalue weighted by molar-refractivity contribution is 4.81. The molecule has 0 aromatic carbocycles. The maximum absolute atomic E-state index is 5.74. The first kappa shape index (κ1) is 14.0. The summed E-state index contributed by atoms with van der Waals surface area (Å²) in [6.45, 7) is 7.89. The second-order valence-electron chi connectivity index (χ2n) is 5.52. The van der Waals surface area contributed by atoms with Gasteiger partial charge in [-0.15, -0.1) is 0 Å². The van der Waals surface area contributed by atoms with Crippen molar-refractivity contribution < 1.29 is 4.74 Å². The molecule has 0 bridgehead atoms. The van der Waals surface area contributed by atoms with E-state index in [4.69, 9.17) is 4.74 Å². The second-order valence-corrected chi connectivity index (χ2v) is 5.52. The average molecular weight is 227 g/mol. The maximum atomic E-state index is 5.74. The first-order valence-corrected chi connectivity index (χ1v) is 6.93. The Kier molecular flexibility index (Phi) is 5.77. The van der Waals surface area contributed by atoms with Crippen molar-refractivity contribution in [3.8, 4) is 0 Å². The largest absolute Gasteiger partial charge is 0.364 e. The van der Waals surface area contributed by atoms with Gasteiger partial charge in [0.15, 0.2) is 0 Å². The zero-order valence-electron chi connectivity index (χ0n) is 11.5. The molecule has 0 heterocycles. The summed E-state index contributed by atoms with van der Waals surface area (Å²) in [5.41, 5.74) is -0.0311. The van der Waals surface area contributed by atoms with Gasteiger partial charge < -0.3 is 4.74 Å². The van der Waals surface area contributed by atoms with E-state index >= 15 is 0 Å². The van der Waals surface area contributed by atoms with Crippen molar-refractivity contribution >= 4 is 0 Å². The van der Waals surface area contributed by atoms with E-state index in [1.165, 1.54) is 38.5 Å². The van der Waals surface area contributed by atoms with E-state index in [-0.39, 0.29) is 5.72 Å². The van der Waals surface area contributed by atoms with Crippen LogP contribution >= 0.6 is 0 Å². The molecule has 1 rings (SSSR count). The van der Waals surface area contributed by atoms with E-state index in [1.807, 2.05) is 7.11 Å². The van der Waals surface area contributed by atoms with Crippen molar-refractivity contribution in [3.05, 3.63) is 0 Å². The summed E-state index contributed by atoms with van der Waals surface area (Å²) in [6.07, 6.45) is 7.66. The van der Waals surface area contributed by atoms with Crippen LogP contribution in [0.3, 0.4) is 0 Å². The van der Waals surface area contributed by atoms with E-state index in [2.05, 4.69) is 26.1 Å². The smallest absolute Gasteiger partial charge is 0.118 e. The van der Waals surface area contributed by atoms with E-state index in [0.29, 0.717) is 0 Å². The third-order valence-corrected chi connectivity index (χ3v) is 4.14. The molecule has 1 fully saturated rings. The lowest BCUT2D eigenvalue weighted by atomic mass is 9.81. The molecule has 0 amide bonds. The van der Waals surface area contributed by atoms with E-state index in [9.17, 15) is 0 Å². The van der Waals surface area contributed by atoms with E-state index in [0.717, 1.165) is 18.4 Å². The number of nitrogens with one attached hydrogen (secondary N) is 1. The molecular formula is C14H29NO. The van der Waals surface area contributed by atoms with Crippen LogP contribution in [-0.4, -0.2) is 19.4 Å². The predicted molar refractivity (Wildman–Crippen MR) is 69.4 cm³/mol. The van der Waals surface area contributed by atoms with Gasteiger partial charge in [-0.2, -0.15) is 0 Å². The van der Waals surface area contributed by atoms with Gasteiger partial charge in [-0.3, -0.25) is 5.32 Å². The second kappa shape index (κ2) is 6.61. The van der Waals surface area contributed by atoms with Gasteiger partial charge in [-0.1, -0.05) is 33.6 Å². The Morgan fingerprint density at radius 3 is 2.19 bits per heavy atom. The number of ether oxygens (including phenoxy) is 1. The molecule has 0 atom stereocenters. The highest BCUT2D eigenvalue weighted by Gasteiger charge is 2.30. The summed E-state index contributed by atoms with van der Waals surface area (Å²) in [5.74, 6) is 1.77. The van der Waals surface area contributed by atoms with Crippen LogP contribution in [0.15, 0.2) is 0 Å². The van der Waals surface area contributed by atoms with Crippen LogP contribution in [0, 0.1) is 11.8 Å². The van der Waals surface area contributed by atoms with Gasteiger partial charge in [0.2, 0.25) is 0 Å². The highest BCUT2D eigenvalue weighted by Crippen LogP contribution is 2.32. The first-order chi connectivity index (χ1) is 7.63. The van der Waals surface area contributed by atoms with Crippen molar-refractivity contribution in [2.75, 3.05) is 13.7 Å². The summed E-state index contributed by atoms with van der Waals surface area (Å²) < 4.78 is 5.74. The van der Waals surface area contributed by atoms with Crippen LogP contribution in [0.1, 0.15) is 59.3 Å². The molecule has 96 valence electrons. The fourth-order valence-corrected chi connectivity index (χ4v) is 3.01. The zero-order valence-corrected chi connectivity index (χ0v) is 11.5. The lowest BCUT2D eigenvalue weighted by Crippen LogP contribution is -2.47. The molecule has 1 aliphatic carbocycles. The Morgan fingerprint density at radius 1 is 1.25 bits per heavy atom. The van der Waals surface area contributed by atoms with Gasteiger partial charge in [0.05, 0.1) is 0 Å². The summed E-state index contributed by atoms with van der Waals surface area (Å²) in [6, 6.07) is 0. The Labute approximate surface area is 101 Å². The van der Waals surface area contributed by atoms with Gasteiger partial charge in [0.1, 0.15) is 5.72 Å². The van der Waals surface area contributed by atoms with Crippen LogP contribution < -0.4 is 5.32 Å². The van der Waals surface area contributed by atoms with Crippen LogP contribution in [-0.2, 0) is 4.74 Å². The lowest BCUT2D eigenvalue weighted by Gasteiger charge is -2.37. The van der Waals surface area contributed by atoms with Gasteiger partial charge >= 0.3 is 0 Å². The van der Waals surface area contributed by atoms with Gasteiger partial charge in [-0.25, -0.2) is 0 Å². The minimum absolute atomic E-state index is 0.0311. The molecule has 1 saturated carbocycles. The minimum atomic E-state index is -0.0311. The van der Waals surface area contributed by atoms with Crippen molar-refractivity contribution in [1.29, 1.82) is 0 Å². The molecule has 1 aliphatic rings. The van der Waals surface area contributed by atoms with Crippen LogP contribution in [0.25, 0.3) is 0 Å². The summed E-state index contributed by atoms with van der Waals surface area (Å²) in [5, 5.41) is 3.54. The van der Waals surface area contributed by atoms with Gasteiger partial charge in [0.25, 0.3) is 0 Å². The standard InChI is InChI=1S/C14H29NO/c1-5-15-14(16-4)10-6-8-13(12(2)3)9-7-11-14/h12-13,15H,5-11H2,1-4H3. The quantitative estimate of drug-likeness (QED) is 0.741. The molecule has 0 aromatic rings. The van der Waals surface area contributed by atoms with Crippen molar-refractivity contribution in [3.63, 3.8) is 0 Å². The third-order valence-electron chi connectivity index (χ3n) is 4.14. The Bertz CT molecular complexity index is 181. The van der Waals surface area contributed by atoms with Crippen LogP contribution in [0.4, 0.5) is 0 Å². The normalized spacial score (nSPS) is 32.4. The highest BCUT2D eigenvalue weighted by atomic mass is 16.5. The number of rotatable bonds is 4. The van der Waals surface area contributed by atoms with Gasteiger partial charge in [-0.05, 0) is 44.1 Å². The van der Waals surface area contributed by atoms with Crippen LogP contribution in [0.5, 0.6) is 0 Å². The maximum Gasteiger partial charge on any atom is 0.118 e. The number of hydrogen-bond donors (Lipinski definition) is 1. The number of methoxy groups -OCH3 is 1. The third kappa shape index (κ3) is 3.74. The topological polar surface area (TPSA) is 21.3 Å². The fourth-order valence-electron chi connectivity index (χ4n) is 3.01. The van der Waals surface area contributed by atoms with E-state index < -0.39 is 0 Å². The predicted octanol–water partition coefficient (Wildman–Crippen LogP) is 3.57. The molecule has 0 unspecified atom stereocenters. The molecule has 1 N–H and O–H groups in total. The molecule has 0 aromatic heterocycles. The summed E-state index contributed by atoms with van der Waals surface area (Å²) in [4.78, 5) is 0. The molecule has 0 saturated heterocycles. The minimum Gasteiger partial charge on any atom is -0.364 e. The molecule has 2 nitrogen and oxygen atoms in total. The monoisotopic (exact) mass is 227 g/mol. The SMILES string of the molecule is CCNC1(OC)CCCC(C(C)C)CCC1. The Balaban J connectivity index is 2.50. The molecule has 2 heteroatoms. The van der Waals surface area contributed by atoms with Crippen molar-refractivity contribution in [2.24, 2.45) is 11.8 Å². The average Bonchev–Trinajstić information content (AvgIpc) is 2.22. The van der Waals surface area contributed by atoms with Crippen molar-refractivity contribution in [2.45, 2.75) is 65.0 Å². The van der Waals surface area contributed by atoms with Crippen molar-refractivity contribution in [1.82, 2.24) is 5.32 Å². The van der Waals surface area contributed by atoms with Crippen LogP contribution in [0.2, 0.25) is 0 Å². The summed E-state index contributed by atoms with van der Waals surface area (Å²) >= 11 is 0. The molecule has 0 aliphatic heterocycles. The fraction of sp³-hybridized carbons (Fsp3) is 1.00. The van der Waals surface area contributed by atoms with E-state index in [1.54, 1.807) is 0 Å². The summed E-state index contributed by atoms with van der Waals surface area (Å²) in [7, 11) is 1.85. The molecular weight excluding hydrogens is 198 g/mol. The molecule has 16 heavy (non-hydrogen) atoms. The molecule has 0 radical (unpaired) electrons. The Hall–Kier alpha value is -0.0800. The van der Waals surface area contributed by atoms with Gasteiger partial charge in [0, 0.05) is 7.11 Å². The number of hydrogen-bond acceptors (Lipinski definition) is 2. The zero-order chi connectivity index (χ0) is 12.0. The Morgan fingerprint density at radius 2 is 1.81 bits per heavy atom. The lowest BCUT2D eigenvalue weighted by molar-refractivity contribution is -0.0605.